The van der Waals surface area contributed by atoms with Crippen LogP contribution in [0.1, 0.15) is 19.0 Å². The molecule has 0 radical (unpaired) electrons. The Hall–Kier alpha value is -1.65. The molecule has 0 aliphatic carbocycles. The number of aryl methyl sites for hydroxylation is 1. The molecule has 0 saturated heterocycles. The van der Waals surface area contributed by atoms with E-state index in [9.17, 15) is 4.79 Å². The van der Waals surface area contributed by atoms with Gasteiger partial charge < -0.3 is 10.4 Å². The van der Waals surface area contributed by atoms with Crippen LogP contribution in [0, 0.1) is 0 Å². The van der Waals surface area contributed by atoms with Crippen molar-refractivity contribution < 1.29 is 9.90 Å². The number of aromatic nitrogens is 2. The molecule has 2 N–H and O–H groups in total. The molecule has 0 aliphatic heterocycles. The van der Waals surface area contributed by atoms with E-state index >= 15 is 0 Å². The Balaban J connectivity index is 2.40. The van der Waals surface area contributed by atoms with Crippen LogP contribution in [0.5, 0.6) is 0 Å². The fraction of sp³-hybridized carbons (Fsp3) is 0.444. The van der Waals surface area contributed by atoms with Crippen molar-refractivity contribution in [3.8, 4) is 0 Å². The monoisotopic (exact) mass is 195 g/mol. The van der Waals surface area contributed by atoms with Crippen LogP contribution in [0.2, 0.25) is 0 Å². The van der Waals surface area contributed by atoms with Crippen LogP contribution < -0.4 is 5.32 Å². The van der Waals surface area contributed by atoms with Gasteiger partial charge in [0.2, 0.25) is 0 Å². The lowest BCUT2D eigenvalue weighted by atomic mass is 10.3. The third-order valence-corrected chi connectivity index (χ3v) is 1.73. The highest BCUT2D eigenvalue weighted by Gasteiger charge is 1.98. The predicted octanol–water partition coefficient (Wildman–Crippen LogP) is 0.926. The van der Waals surface area contributed by atoms with Gasteiger partial charge in [-0.15, -0.1) is 5.10 Å². The number of carboxylic acids is 1. The first kappa shape index (κ1) is 10.4. The normalized spacial score (nSPS) is 9.79. The summed E-state index contributed by atoms with van der Waals surface area (Å²) in [5, 5.41) is 19.1. The molecular formula is C9H13N3O2. The Morgan fingerprint density at radius 2 is 2.29 bits per heavy atom. The maximum atomic E-state index is 10.2. The number of hydrogen-bond acceptors (Lipinski definition) is 4. The minimum absolute atomic E-state index is 0.0806. The van der Waals surface area contributed by atoms with Crippen LogP contribution in [-0.4, -0.2) is 27.8 Å². The van der Waals surface area contributed by atoms with E-state index < -0.39 is 5.97 Å². The quantitative estimate of drug-likeness (QED) is 0.730. The molecule has 0 aliphatic rings. The number of hydrogen-bond donors (Lipinski definition) is 2. The molecular weight excluding hydrogens is 182 g/mol. The van der Waals surface area contributed by atoms with Crippen molar-refractivity contribution in [2.75, 3.05) is 11.9 Å². The summed E-state index contributed by atoms with van der Waals surface area (Å²) < 4.78 is 0. The maximum absolute atomic E-state index is 10.2. The summed E-state index contributed by atoms with van der Waals surface area (Å²) >= 11 is 0. The van der Waals surface area contributed by atoms with Crippen LogP contribution in [-0.2, 0) is 11.2 Å². The molecule has 0 aromatic carbocycles. The van der Waals surface area contributed by atoms with Crippen LogP contribution in [0.4, 0.5) is 5.82 Å². The molecule has 1 heterocycles. The minimum atomic E-state index is -0.823. The molecule has 0 unspecified atom stereocenters. The van der Waals surface area contributed by atoms with Gasteiger partial charge in [0.05, 0.1) is 12.1 Å². The number of carboxylic acid groups (broad SMARTS) is 1. The van der Waals surface area contributed by atoms with Gasteiger partial charge in [0, 0.05) is 6.54 Å². The fourth-order valence-corrected chi connectivity index (χ4v) is 0.940. The maximum Gasteiger partial charge on any atom is 0.305 e. The van der Waals surface area contributed by atoms with Gasteiger partial charge in [0.25, 0.3) is 0 Å². The van der Waals surface area contributed by atoms with Gasteiger partial charge in [-0.2, -0.15) is 5.10 Å². The average molecular weight is 195 g/mol. The standard InChI is InChI=1S/C9H13N3O2/c1-2-7-3-4-8(12-11-7)10-6-5-9(13)14/h3-4H,2,5-6H2,1H3,(H,10,12)(H,13,14). The van der Waals surface area contributed by atoms with Crippen molar-refractivity contribution in [1.82, 2.24) is 10.2 Å². The van der Waals surface area contributed by atoms with E-state index in [1.165, 1.54) is 0 Å². The molecule has 0 spiro atoms. The third-order valence-electron chi connectivity index (χ3n) is 1.73. The van der Waals surface area contributed by atoms with Crippen molar-refractivity contribution in [3.05, 3.63) is 17.8 Å². The summed E-state index contributed by atoms with van der Waals surface area (Å²) in [5.74, 6) is -0.209. The van der Waals surface area contributed by atoms with Gasteiger partial charge in [-0.05, 0) is 18.6 Å². The Bertz CT molecular complexity index is 297. The number of anilines is 1. The first-order valence-corrected chi connectivity index (χ1v) is 4.50. The second-order valence-electron chi connectivity index (χ2n) is 2.83. The number of rotatable bonds is 5. The van der Waals surface area contributed by atoms with Crippen molar-refractivity contribution in [2.24, 2.45) is 0 Å². The number of nitrogens with one attached hydrogen (secondary N) is 1. The minimum Gasteiger partial charge on any atom is -0.481 e. The molecule has 1 rings (SSSR count). The van der Waals surface area contributed by atoms with Gasteiger partial charge in [-0.1, -0.05) is 6.92 Å². The molecule has 0 saturated carbocycles. The van der Waals surface area contributed by atoms with Gasteiger partial charge in [0.15, 0.2) is 0 Å². The largest absolute Gasteiger partial charge is 0.481 e. The zero-order valence-electron chi connectivity index (χ0n) is 8.03. The highest BCUT2D eigenvalue weighted by atomic mass is 16.4. The molecule has 1 aromatic heterocycles. The zero-order valence-corrected chi connectivity index (χ0v) is 8.03. The number of nitrogens with zero attached hydrogens (tertiary/aromatic N) is 2. The Morgan fingerprint density at radius 3 is 2.79 bits per heavy atom. The molecule has 14 heavy (non-hydrogen) atoms. The van der Waals surface area contributed by atoms with Crippen LogP contribution in [0.25, 0.3) is 0 Å². The third kappa shape index (κ3) is 3.38. The highest BCUT2D eigenvalue weighted by molar-refractivity contribution is 5.67. The molecule has 0 amide bonds. The highest BCUT2D eigenvalue weighted by Crippen LogP contribution is 2.01. The Morgan fingerprint density at radius 1 is 1.50 bits per heavy atom. The molecule has 0 atom stereocenters. The SMILES string of the molecule is CCc1ccc(NCCC(=O)O)nn1. The number of carbonyl (C=O) groups is 1. The van der Waals surface area contributed by atoms with E-state index in [-0.39, 0.29) is 6.42 Å². The second kappa shape index (κ2) is 5.16. The Kier molecular flexibility index (Phi) is 3.84. The van der Waals surface area contributed by atoms with Gasteiger partial charge in [-0.25, -0.2) is 0 Å². The van der Waals surface area contributed by atoms with E-state index in [2.05, 4.69) is 15.5 Å². The summed E-state index contributed by atoms with van der Waals surface area (Å²) in [6.07, 6.45) is 0.930. The first-order valence-electron chi connectivity index (χ1n) is 4.50. The van der Waals surface area contributed by atoms with E-state index in [4.69, 9.17) is 5.11 Å². The molecule has 5 heteroatoms. The molecule has 0 bridgehead atoms. The summed E-state index contributed by atoms with van der Waals surface area (Å²) in [6, 6.07) is 3.67. The van der Waals surface area contributed by atoms with Crippen molar-refractivity contribution in [1.29, 1.82) is 0 Å². The lowest BCUT2D eigenvalue weighted by molar-refractivity contribution is -0.136. The van der Waals surface area contributed by atoms with Crippen LogP contribution in [0.3, 0.4) is 0 Å². The molecule has 5 nitrogen and oxygen atoms in total. The summed E-state index contributed by atoms with van der Waals surface area (Å²) in [4.78, 5) is 10.2. The summed E-state index contributed by atoms with van der Waals surface area (Å²) in [6.45, 7) is 2.37. The van der Waals surface area contributed by atoms with E-state index in [1.807, 2.05) is 13.0 Å². The Labute approximate surface area is 82.2 Å². The van der Waals surface area contributed by atoms with Gasteiger partial charge >= 0.3 is 5.97 Å². The molecule has 1 aromatic rings. The van der Waals surface area contributed by atoms with Gasteiger partial charge in [-0.3, -0.25) is 4.79 Å². The number of aliphatic carboxylic acids is 1. The second-order valence-corrected chi connectivity index (χ2v) is 2.83. The zero-order chi connectivity index (χ0) is 10.4. The molecule has 76 valence electrons. The lowest BCUT2D eigenvalue weighted by Crippen LogP contribution is -2.09. The lowest BCUT2D eigenvalue weighted by Gasteiger charge is -2.02. The van der Waals surface area contributed by atoms with E-state index in [0.29, 0.717) is 12.4 Å². The van der Waals surface area contributed by atoms with E-state index in [1.54, 1.807) is 6.07 Å². The van der Waals surface area contributed by atoms with Crippen LogP contribution >= 0.6 is 0 Å². The van der Waals surface area contributed by atoms with E-state index in [0.717, 1.165) is 12.1 Å². The van der Waals surface area contributed by atoms with Crippen LogP contribution in [0.15, 0.2) is 12.1 Å². The van der Waals surface area contributed by atoms with Gasteiger partial charge in [0.1, 0.15) is 5.82 Å². The topological polar surface area (TPSA) is 75.1 Å². The molecule has 0 fully saturated rings. The summed E-state index contributed by atoms with van der Waals surface area (Å²) in [5.41, 5.74) is 0.925. The summed E-state index contributed by atoms with van der Waals surface area (Å²) in [7, 11) is 0. The predicted molar refractivity (Wildman–Crippen MR) is 52.2 cm³/mol. The first-order chi connectivity index (χ1) is 6.72. The van der Waals surface area contributed by atoms with Crippen molar-refractivity contribution in [2.45, 2.75) is 19.8 Å². The fourth-order valence-electron chi connectivity index (χ4n) is 0.940. The van der Waals surface area contributed by atoms with Crippen molar-refractivity contribution >= 4 is 11.8 Å². The average Bonchev–Trinajstić information content (AvgIpc) is 2.18. The van der Waals surface area contributed by atoms with Crippen molar-refractivity contribution in [3.63, 3.8) is 0 Å². The smallest absolute Gasteiger partial charge is 0.305 e.